The Kier molecular flexibility index (Phi) is 4.07. The monoisotopic (exact) mass is 286 g/mol. The number of benzene rings is 1. The van der Waals surface area contributed by atoms with Gasteiger partial charge in [-0.3, -0.25) is 9.98 Å². The molecule has 0 spiro atoms. The minimum absolute atomic E-state index is 0.00728. The fourth-order valence-electron chi connectivity index (χ4n) is 1.47. The van der Waals surface area contributed by atoms with E-state index in [1.165, 1.54) is 12.4 Å². The van der Waals surface area contributed by atoms with Crippen molar-refractivity contribution in [2.24, 2.45) is 4.99 Å². The molecule has 0 amide bonds. The first kappa shape index (κ1) is 14.1. The van der Waals surface area contributed by atoms with Crippen LogP contribution < -0.4 is 0 Å². The van der Waals surface area contributed by atoms with Crippen molar-refractivity contribution in [1.29, 1.82) is 0 Å². The maximum Gasteiger partial charge on any atom is 0.200 e. The van der Waals surface area contributed by atoms with Gasteiger partial charge in [-0.2, -0.15) is 0 Å². The lowest BCUT2D eigenvalue weighted by molar-refractivity contribution is 0.377. The van der Waals surface area contributed by atoms with Crippen LogP contribution in [0.2, 0.25) is 0 Å². The van der Waals surface area contributed by atoms with Gasteiger partial charge in [0.25, 0.3) is 0 Å². The third-order valence-electron chi connectivity index (χ3n) is 2.46. The number of hydrogen-bond acceptors (Lipinski definition) is 2. The number of halogens is 5. The molecule has 0 aliphatic carbocycles. The highest BCUT2D eigenvalue weighted by Gasteiger charge is 2.24. The van der Waals surface area contributed by atoms with Gasteiger partial charge in [0.15, 0.2) is 23.3 Å². The van der Waals surface area contributed by atoms with Gasteiger partial charge < -0.3 is 0 Å². The maximum absolute atomic E-state index is 13.3. The average Bonchev–Trinajstić information content (AvgIpc) is 2.48. The van der Waals surface area contributed by atoms with Crippen LogP contribution >= 0.6 is 0 Å². The number of pyridine rings is 1. The number of aromatic nitrogens is 1. The molecule has 104 valence electrons. The summed E-state index contributed by atoms with van der Waals surface area (Å²) in [5.41, 5.74) is -0.432. The molecule has 0 bridgehead atoms. The fraction of sp³-hybridized carbons (Fsp3) is 0.0769. The van der Waals surface area contributed by atoms with Crippen molar-refractivity contribution in [1.82, 2.24) is 4.98 Å². The normalized spacial score (nSPS) is 11.2. The molecular formula is C13H7F5N2. The Hall–Kier alpha value is -2.31. The summed E-state index contributed by atoms with van der Waals surface area (Å²) in [6.45, 7) is 0.00728. The van der Waals surface area contributed by atoms with E-state index in [0.29, 0.717) is 11.8 Å². The summed E-state index contributed by atoms with van der Waals surface area (Å²) in [7, 11) is 0. The van der Waals surface area contributed by atoms with Crippen LogP contribution in [0.5, 0.6) is 0 Å². The zero-order valence-electron chi connectivity index (χ0n) is 9.88. The Morgan fingerprint density at radius 3 is 2.10 bits per heavy atom. The van der Waals surface area contributed by atoms with Crippen molar-refractivity contribution >= 4 is 6.21 Å². The van der Waals surface area contributed by atoms with E-state index in [1.807, 2.05) is 0 Å². The number of rotatable bonds is 3. The Morgan fingerprint density at radius 1 is 0.950 bits per heavy atom. The predicted molar refractivity (Wildman–Crippen MR) is 61.8 cm³/mol. The molecule has 20 heavy (non-hydrogen) atoms. The summed E-state index contributed by atoms with van der Waals surface area (Å²) < 4.78 is 65.3. The van der Waals surface area contributed by atoms with Crippen molar-refractivity contribution in [2.45, 2.75) is 6.54 Å². The van der Waals surface area contributed by atoms with Crippen molar-refractivity contribution in [3.8, 4) is 0 Å². The molecule has 0 aliphatic heterocycles. The quantitative estimate of drug-likeness (QED) is 0.367. The fourth-order valence-corrected chi connectivity index (χ4v) is 1.47. The van der Waals surface area contributed by atoms with Crippen LogP contribution in [0.25, 0.3) is 0 Å². The van der Waals surface area contributed by atoms with Gasteiger partial charge in [0.1, 0.15) is 0 Å². The summed E-state index contributed by atoms with van der Waals surface area (Å²) in [5.74, 6) is -9.99. The average molecular weight is 286 g/mol. The molecule has 0 fully saturated rings. The van der Waals surface area contributed by atoms with Crippen LogP contribution in [-0.2, 0) is 6.54 Å². The molecule has 0 N–H and O–H groups in total. The van der Waals surface area contributed by atoms with Gasteiger partial charge in [0.2, 0.25) is 5.82 Å². The molecule has 0 saturated carbocycles. The minimum atomic E-state index is -2.19. The lowest BCUT2D eigenvalue weighted by Crippen LogP contribution is -2.06. The van der Waals surface area contributed by atoms with Crippen LogP contribution in [-0.4, -0.2) is 11.2 Å². The van der Waals surface area contributed by atoms with Crippen molar-refractivity contribution in [3.63, 3.8) is 0 Å². The van der Waals surface area contributed by atoms with E-state index < -0.39 is 34.6 Å². The highest BCUT2D eigenvalue weighted by molar-refractivity contribution is 5.80. The molecule has 0 saturated heterocycles. The van der Waals surface area contributed by atoms with E-state index in [9.17, 15) is 22.0 Å². The molecule has 1 heterocycles. The topological polar surface area (TPSA) is 25.2 Å². The van der Waals surface area contributed by atoms with E-state index in [-0.39, 0.29) is 6.54 Å². The molecule has 0 radical (unpaired) electrons. The minimum Gasteiger partial charge on any atom is -0.288 e. The van der Waals surface area contributed by atoms with Crippen molar-refractivity contribution in [2.75, 3.05) is 0 Å². The van der Waals surface area contributed by atoms with E-state index in [2.05, 4.69) is 9.98 Å². The Balaban J connectivity index is 2.30. The summed E-state index contributed by atoms with van der Waals surface area (Å²) in [6, 6.07) is 3.28. The first-order chi connectivity index (χ1) is 9.52. The Labute approximate surface area is 110 Å². The summed E-state index contributed by atoms with van der Waals surface area (Å²) in [4.78, 5) is 7.44. The molecule has 1 aromatic heterocycles. The molecule has 0 aliphatic rings. The first-order valence-electron chi connectivity index (χ1n) is 5.42. The highest BCUT2D eigenvalue weighted by atomic mass is 19.2. The number of aliphatic imine (C=N–C) groups is 1. The second-order valence-electron chi connectivity index (χ2n) is 3.81. The van der Waals surface area contributed by atoms with Crippen LogP contribution in [0, 0.1) is 29.1 Å². The zero-order valence-corrected chi connectivity index (χ0v) is 9.88. The zero-order chi connectivity index (χ0) is 14.7. The smallest absolute Gasteiger partial charge is 0.200 e. The van der Waals surface area contributed by atoms with Crippen LogP contribution in [0.15, 0.2) is 29.5 Å². The summed E-state index contributed by atoms with van der Waals surface area (Å²) >= 11 is 0. The third kappa shape index (κ3) is 2.66. The third-order valence-corrected chi connectivity index (χ3v) is 2.46. The predicted octanol–water partition coefficient (Wildman–Crippen LogP) is 3.40. The van der Waals surface area contributed by atoms with Gasteiger partial charge in [0, 0.05) is 18.6 Å². The van der Waals surface area contributed by atoms with E-state index in [1.54, 1.807) is 12.1 Å². The number of nitrogens with zero attached hydrogens (tertiary/aromatic N) is 2. The van der Waals surface area contributed by atoms with Crippen LogP contribution in [0.4, 0.5) is 22.0 Å². The van der Waals surface area contributed by atoms with Gasteiger partial charge in [-0.05, 0) is 11.6 Å². The van der Waals surface area contributed by atoms with E-state index in [4.69, 9.17) is 0 Å². The lowest BCUT2D eigenvalue weighted by Gasteiger charge is -2.03. The molecule has 2 rings (SSSR count). The first-order valence-corrected chi connectivity index (χ1v) is 5.42. The van der Waals surface area contributed by atoms with E-state index in [0.717, 1.165) is 0 Å². The lowest BCUT2D eigenvalue weighted by atomic mass is 10.2. The van der Waals surface area contributed by atoms with Crippen LogP contribution in [0.3, 0.4) is 0 Å². The van der Waals surface area contributed by atoms with Crippen molar-refractivity contribution in [3.05, 3.63) is 64.7 Å². The highest BCUT2D eigenvalue weighted by Crippen LogP contribution is 2.21. The summed E-state index contributed by atoms with van der Waals surface area (Å²) in [6.07, 6.45) is 3.61. The van der Waals surface area contributed by atoms with Crippen LogP contribution in [0.1, 0.15) is 11.1 Å². The molecule has 1 aromatic carbocycles. The second kappa shape index (κ2) is 5.77. The Bertz CT molecular complexity index is 627. The van der Waals surface area contributed by atoms with Gasteiger partial charge >= 0.3 is 0 Å². The maximum atomic E-state index is 13.3. The SMILES string of the molecule is Fc1c(F)c(F)c(C=NCc2cccnc2)c(F)c1F. The largest absolute Gasteiger partial charge is 0.288 e. The number of hydrogen-bond donors (Lipinski definition) is 0. The van der Waals surface area contributed by atoms with Gasteiger partial charge in [-0.15, -0.1) is 0 Å². The van der Waals surface area contributed by atoms with Gasteiger partial charge in [-0.25, -0.2) is 22.0 Å². The van der Waals surface area contributed by atoms with Gasteiger partial charge in [-0.1, -0.05) is 6.07 Å². The molecule has 2 aromatic rings. The molecule has 2 nitrogen and oxygen atoms in total. The molecule has 0 atom stereocenters. The molecule has 7 heteroatoms. The second-order valence-corrected chi connectivity index (χ2v) is 3.81. The van der Waals surface area contributed by atoms with Crippen molar-refractivity contribution < 1.29 is 22.0 Å². The Morgan fingerprint density at radius 2 is 1.55 bits per heavy atom. The molecule has 0 unspecified atom stereocenters. The van der Waals surface area contributed by atoms with E-state index >= 15 is 0 Å². The standard InChI is InChI=1S/C13H7F5N2/c14-9-8(10(15)12(17)13(18)11(9)16)6-20-5-7-2-1-3-19-4-7/h1-4,6H,5H2. The molecular weight excluding hydrogens is 279 g/mol. The van der Waals surface area contributed by atoms with Gasteiger partial charge in [0.05, 0.1) is 12.1 Å². The summed E-state index contributed by atoms with van der Waals surface area (Å²) in [5, 5.41) is 0.